The quantitative estimate of drug-likeness (QED) is 0.842. The van der Waals surface area contributed by atoms with E-state index < -0.39 is 0 Å². The maximum absolute atomic E-state index is 5.88. The Bertz CT molecular complexity index is 329. The average molecular weight is 249 g/mol. The Morgan fingerprint density at radius 2 is 2.06 bits per heavy atom. The highest BCUT2D eigenvalue weighted by molar-refractivity contribution is 5.03. The van der Waals surface area contributed by atoms with Crippen LogP contribution < -0.4 is 5.73 Å². The Balaban J connectivity index is 2.45. The molecule has 0 saturated heterocycles. The minimum atomic E-state index is 0.343. The smallest absolute Gasteiger partial charge is 0.0543 e. The second-order valence-corrected chi connectivity index (χ2v) is 6.38. The van der Waals surface area contributed by atoms with Crippen LogP contribution in [0.5, 0.6) is 0 Å². The lowest BCUT2D eigenvalue weighted by atomic mass is 9.84. The summed E-state index contributed by atoms with van der Waals surface area (Å²) in [6, 6.07) is 6.05. The van der Waals surface area contributed by atoms with Crippen LogP contribution in [-0.2, 0) is 6.54 Å². The Morgan fingerprint density at radius 3 is 2.56 bits per heavy atom. The van der Waals surface area contributed by atoms with Gasteiger partial charge in [0.05, 0.1) is 5.69 Å². The number of hydrogen-bond acceptors (Lipinski definition) is 3. The van der Waals surface area contributed by atoms with Gasteiger partial charge in [-0.15, -0.1) is 0 Å². The van der Waals surface area contributed by atoms with Gasteiger partial charge in [-0.3, -0.25) is 4.98 Å². The molecule has 18 heavy (non-hydrogen) atoms. The summed E-state index contributed by atoms with van der Waals surface area (Å²) in [5, 5.41) is 0. The third kappa shape index (κ3) is 6.12. The summed E-state index contributed by atoms with van der Waals surface area (Å²) in [5.74, 6) is 0.554. The van der Waals surface area contributed by atoms with Gasteiger partial charge in [-0.2, -0.15) is 0 Å². The van der Waals surface area contributed by atoms with Crippen LogP contribution in [-0.4, -0.2) is 30.0 Å². The standard InChI is InChI=1S/C15H27N3/c1-15(2,3)9-13(10-16)11-18(4)12-14-7-5-6-8-17-14/h5-8,13H,9-12,16H2,1-4H3. The summed E-state index contributed by atoms with van der Waals surface area (Å²) < 4.78 is 0. The molecule has 1 aromatic heterocycles. The van der Waals surface area contributed by atoms with Gasteiger partial charge in [-0.25, -0.2) is 0 Å². The number of hydrogen-bond donors (Lipinski definition) is 1. The molecule has 1 rings (SSSR count). The van der Waals surface area contributed by atoms with Gasteiger partial charge in [-0.1, -0.05) is 26.8 Å². The molecule has 0 aromatic carbocycles. The van der Waals surface area contributed by atoms with Crippen LogP contribution in [0.15, 0.2) is 24.4 Å². The van der Waals surface area contributed by atoms with Gasteiger partial charge in [0.25, 0.3) is 0 Å². The molecule has 1 unspecified atom stereocenters. The topological polar surface area (TPSA) is 42.2 Å². The molecular weight excluding hydrogens is 222 g/mol. The zero-order valence-electron chi connectivity index (χ0n) is 12.2. The number of pyridine rings is 1. The zero-order valence-corrected chi connectivity index (χ0v) is 12.2. The van der Waals surface area contributed by atoms with Crippen LogP contribution in [0.25, 0.3) is 0 Å². The first-order chi connectivity index (χ1) is 8.40. The Labute approximate surface area is 111 Å². The molecule has 2 N–H and O–H groups in total. The van der Waals surface area contributed by atoms with Gasteiger partial charge in [0.1, 0.15) is 0 Å². The van der Waals surface area contributed by atoms with Crippen molar-refractivity contribution in [2.45, 2.75) is 33.7 Å². The van der Waals surface area contributed by atoms with Gasteiger partial charge in [0, 0.05) is 19.3 Å². The van der Waals surface area contributed by atoms with Gasteiger partial charge in [-0.05, 0) is 43.5 Å². The maximum atomic E-state index is 5.88. The lowest BCUT2D eigenvalue weighted by molar-refractivity contribution is 0.215. The molecule has 102 valence electrons. The molecule has 0 amide bonds. The van der Waals surface area contributed by atoms with Gasteiger partial charge in [0.2, 0.25) is 0 Å². The molecule has 0 aliphatic rings. The molecule has 0 saturated carbocycles. The van der Waals surface area contributed by atoms with Crippen molar-refractivity contribution < 1.29 is 0 Å². The summed E-state index contributed by atoms with van der Waals surface area (Å²) in [6.45, 7) is 9.49. The fourth-order valence-electron chi connectivity index (χ4n) is 2.36. The lowest BCUT2D eigenvalue weighted by Crippen LogP contribution is -2.32. The van der Waals surface area contributed by atoms with Gasteiger partial charge in [0.15, 0.2) is 0 Å². The predicted octanol–water partition coefficient (Wildman–Crippen LogP) is 2.52. The third-order valence-corrected chi connectivity index (χ3v) is 2.96. The average Bonchev–Trinajstić information content (AvgIpc) is 2.27. The van der Waals surface area contributed by atoms with E-state index in [2.05, 4.69) is 43.8 Å². The molecule has 0 spiro atoms. The van der Waals surface area contributed by atoms with E-state index in [1.54, 1.807) is 0 Å². The summed E-state index contributed by atoms with van der Waals surface area (Å²) in [5.41, 5.74) is 7.34. The molecule has 0 aliphatic heterocycles. The summed E-state index contributed by atoms with van der Waals surface area (Å²) in [7, 11) is 2.14. The van der Waals surface area contributed by atoms with Crippen molar-refractivity contribution in [3.63, 3.8) is 0 Å². The highest BCUT2D eigenvalue weighted by atomic mass is 15.1. The molecule has 0 bridgehead atoms. The van der Waals surface area contributed by atoms with Crippen LogP contribution >= 0.6 is 0 Å². The highest BCUT2D eigenvalue weighted by Crippen LogP contribution is 2.24. The van der Waals surface area contributed by atoms with E-state index in [1.165, 1.54) is 0 Å². The number of nitrogens with two attached hydrogens (primary N) is 1. The molecule has 1 atom stereocenters. The largest absolute Gasteiger partial charge is 0.330 e. The van der Waals surface area contributed by atoms with E-state index in [9.17, 15) is 0 Å². The van der Waals surface area contributed by atoms with Gasteiger partial charge >= 0.3 is 0 Å². The van der Waals surface area contributed by atoms with E-state index in [-0.39, 0.29) is 0 Å². The molecule has 3 heteroatoms. The van der Waals surface area contributed by atoms with Crippen LogP contribution in [0.2, 0.25) is 0 Å². The number of rotatable bonds is 6. The molecule has 0 radical (unpaired) electrons. The number of aromatic nitrogens is 1. The molecule has 1 aromatic rings. The molecular formula is C15H27N3. The van der Waals surface area contributed by atoms with E-state index in [1.807, 2.05) is 18.3 Å². The van der Waals surface area contributed by atoms with E-state index in [0.29, 0.717) is 11.3 Å². The van der Waals surface area contributed by atoms with Crippen molar-refractivity contribution in [3.8, 4) is 0 Å². The van der Waals surface area contributed by atoms with Crippen molar-refractivity contribution >= 4 is 0 Å². The SMILES string of the molecule is CN(Cc1ccccn1)CC(CN)CC(C)(C)C. The van der Waals surface area contributed by atoms with Crippen LogP contribution in [0, 0.1) is 11.3 Å². The van der Waals surface area contributed by atoms with Crippen molar-refractivity contribution in [1.29, 1.82) is 0 Å². The first kappa shape index (κ1) is 15.1. The van der Waals surface area contributed by atoms with Gasteiger partial charge < -0.3 is 10.6 Å². The van der Waals surface area contributed by atoms with E-state index in [4.69, 9.17) is 5.73 Å². The minimum Gasteiger partial charge on any atom is -0.330 e. The van der Waals surface area contributed by atoms with Crippen LogP contribution in [0.3, 0.4) is 0 Å². The third-order valence-electron chi connectivity index (χ3n) is 2.96. The van der Waals surface area contributed by atoms with Crippen LogP contribution in [0.1, 0.15) is 32.9 Å². The zero-order chi connectivity index (χ0) is 13.6. The molecule has 3 nitrogen and oxygen atoms in total. The first-order valence-electron chi connectivity index (χ1n) is 6.69. The first-order valence-corrected chi connectivity index (χ1v) is 6.69. The lowest BCUT2D eigenvalue weighted by Gasteiger charge is -2.28. The molecule has 1 heterocycles. The summed E-state index contributed by atoms with van der Waals surface area (Å²) in [6.07, 6.45) is 3.01. The Hall–Kier alpha value is -0.930. The Kier molecular flexibility index (Phi) is 5.76. The second-order valence-electron chi connectivity index (χ2n) is 6.38. The monoisotopic (exact) mass is 249 g/mol. The number of nitrogens with zero attached hydrogens (tertiary/aromatic N) is 2. The maximum Gasteiger partial charge on any atom is 0.0543 e. The highest BCUT2D eigenvalue weighted by Gasteiger charge is 2.19. The fourth-order valence-corrected chi connectivity index (χ4v) is 2.36. The van der Waals surface area contributed by atoms with Crippen LogP contribution in [0.4, 0.5) is 0 Å². The van der Waals surface area contributed by atoms with Crippen molar-refractivity contribution in [1.82, 2.24) is 9.88 Å². The summed E-state index contributed by atoms with van der Waals surface area (Å²) in [4.78, 5) is 6.66. The normalized spacial score (nSPS) is 13.9. The molecule has 0 fully saturated rings. The van der Waals surface area contributed by atoms with Crippen molar-refractivity contribution in [3.05, 3.63) is 30.1 Å². The van der Waals surface area contributed by atoms with E-state index in [0.717, 1.165) is 31.7 Å². The minimum absolute atomic E-state index is 0.343. The van der Waals surface area contributed by atoms with Crippen molar-refractivity contribution in [2.75, 3.05) is 20.1 Å². The second kappa shape index (κ2) is 6.86. The fraction of sp³-hybridized carbons (Fsp3) is 0.667. The summed E-state index contributed by atoms with van der Waals surface area (Å²) >= 11 is 0. The predicted molar refractivity (Wildman–Crippen MR) is 77.2 cm³/mol. The van der Waals surface area contributed by atoms with E-state index >= 15 is 0 Å². The Morgan fingerprint density at radius 1 is 1.33 bits per heavy atom. The van der Waals surface area contributed by atoms with Crippen molar-refractivity contribution in [2.24, 2.45) is 17.1 Å². The molecule has 0 aliphatic carbocycles.